The third kappa shape index (κ3) is 4.50. The molecule has 0 aliphatic carbocycles. The van der Waals surface area contributed by atoms with E-state index in [4.69, 9.17) is 0 Å². The quantitative estimate of drug-likeness (QED) is 0.709. The van der Waals surface area contributed by atoms with Gasteiger partial charge in [-0.1, -0.05) is 96.2 Å². The number of hydrogen-bond donors (Lipinski definition) is 1. The molecule has 0 atom stereocenters. The Balaban J connectivity index is 2.39. The summed E-state index contributed by atoms with van der Waals surface area (Å²) in [4.78, 5) is 0. The molecular weight excluding hydrogens is 292 g/mol. The van der Waals surface area contributed by atoms with E-state index >= 15 is 0 Å². The molecule has 0 fully saturated rings. The monoisotopic (exact) mass is 322 g/mol. The molecule has 128 valence electrons. The van der Waals surface area contributed by atoms with Gasteiger partial charge in [-0.3, -0.25) is 0 Å². The van der Waals surface area contributed by atoms with E-state index in [9.17, 15) is 5.11 Å². The summed E-state index contributed by atoms with van der Waals surface area (Å²) < 4.78 is 0. The van der Waals surface area contributed by atoms with Crippen LogP contribution in [0.5, 0.6) is 5.75 Å². The van der Waals surface area contributed by atoms with Crippen molar-refractivity contribution >= 4 is 6.08 Å². The maximum atomic E-state index is 10.8. The molecule has 0 radical (unpaired) electrons. The number of benzene rings is 2. The van der Waals surface area contributed by atoms with Gasteiger partial charge in [0.1, 0.15) is 5.75 Å². The van der Waals surface area contributed by atoms with E-state index in [0.717, 1.165) is 17.5 Å². The van der Waals surface area contributed by atoms with Gasteiger partial charge < -0.3 is 5.11 Å². The summed E-state index contributed by atoms with van der Waals surface area (Å²) in [6.45, 7) is 13.1. The van der Waals surface area contributed by atoms with Crippen LogP contribution in [0.15, 0.2) is 48.5 Å². The van der Waals surface area contributed by atoms with Crippen molar-refractivity contribution in [2.45, 2.75) is 58.8 Å². The van der Waals surface area contributed by atoms with Crippen LogP contribution in [0.2, 0.25) is 0 Å². The van der Waals surface area contributed by atoms with Gasteiger partial charge in [0.25, 0.3) is 0 Å². The van der Waals surface area contributed by atoms with Gasteiger partial charge >= 0.3 is 0 Å². The first-order valence-corrected chi connectivity index (χ1v) is 8.67. The summed E-state index contributed by atoms with van der Waals surface area (Å²) in [7, 11) is 0. The van der Waals surface area contributed by atoms with Gasteiger partial charge in [-0.15, -0.1) is 0 Å². The van der Waals surface area contributed by atoms with Gasteiger partial charge in [-0.05, 0) is 39.5 Å². The SMILES string of the molecule is CC(C)(C)c1cc(CC=Cc2ccccc2)c(O)c(C(C)(C)C)c1. The zero-order valence-corrected chi connectivity index (χ0v) is 15.9. The predicted molar refractivity (Wildman–Crippen MR) is 105 cm³/mol. The van der Waals surface area contributed by atoms with E-state index in [1.54, 1.807) is 0 Å². The second-order valence-corrected chi connectivity index (χ2v) is 8.55. The lowest BCUT2D eigenvalue weighted by Gasteiger charge is -2.27. The predicted octanol–water partition coefficient (Wildman–Crippen LogP) is 6.24. The Bertz CT molecular complexity index is 710. The van der Waals surface area contributed by atoms with Crippen LogP contribution in [0.25, 0.3) is 6.08 Å². The molecule has 0 saturated heterocycles. The molecule has 0 saturated carbocycles. The molecule has 0 unspecified atom stereocenters. The first-order valence-electron chi connectivity index (χ1n) is 8.67. The van der Waals surface area contributed by atoms with Gasteiger partial charge in [0.15, 0.2) is 0 Å². The highest BCUT2D eigenvalue weighted by molar-refractivity contribution is 5.53. The zero-order chi connectivity index (χ0) is 18.0. The van der Waals surface area contributed by atoms with Crippen molar-refractivity contribution in [3.8, 4) is 5.75 Å². The van der Waals surface area contributed by atoms with Crippen molar-refractivity contribution in [2.75, 3.05) is 0 Å². The highest BCUT2D eigenvalue weighted by atomic mass is 16.3. The molecule has 0 heterocycles. The fourth-order valence-corrected chi connectivity index (χ4v) is 2.74. The second kappa shape index (κ2) is 6.84. The standard InChI is InChI=1S/C23H30O/c1-22(2,3)19-15-18(21(24)20(16-19)23(4,5)6)14-10-13-17-11-8-7-9-12-17/h7-13,15-16,24H,14H2,1-6H3. The van der Waals surface area contributed by atoms with Crippen LogP contribution >= 0.6 is 0 Å². The molecule has 2 rings (SSSR count). The summed E-state index contributed by atoms with van der Waals surface area (Å²) in [6.07, 6.45) is 4.97. The Hall–Kier alpha value is -2.02. The minimum atomic E-state index is -0.0801. The fraction of sp³-hybridized carbons (Fsp3) is 0.391. The summed E-state index contributed by atoms with van der Waals surface area (Å²) in [6, 6.07) is 14.6. The summed E-state index contributed by atoms with van der Waals surface area (Å²) >= 11 is 0. The Morgan fingerprint density at radius 3 is 2.04 bits per heavy atom. The van der Waals surface area contributed by atoms with Crippen molar-refractivity contribution < 1.29 is 5.11 Å². The van der Waals surface area contributed by atoms with Crippen LogP contribution in [-0.2, 0) is 17.3 Å². The van der Waals surface area contributed by atoms with Gasteiger partial charge in [-0.2, -0.15) is 0 Å². The Kier molecular flexibility index (Phi) is 5.22. The van der Waals surface area contributed by atoms with Crippen LogP contribution in [0, 0.1) is 0 Å². The van der Waals surface area contributed by atoms with E-state index in [0.29, 0.717) is 5.75 Å². The van der Waals surface area contributed by atoms with Gasteiger partial charge in [-0.25, -0.2) is 0 Å². The van der Waals surface area contributed by atoms with Crippen LogP contribution in [0.3, 0.4) is 0 Å². The van der Waals surface area contributed by atoms with Crippen LogP contribution in [0.1, 0.15) is 63.8 Å². The Morgan fingerprint density at radius 2 is 1.50 bits per heavy atom. The third-order valence-electron chi connectivity index (χ3n) is 4.31. The maximum absolute atomic E-state index is 10.8. The first-order chi connectivity index (χ1) is 11.1. The number of hydrogen-bond acceptors (Lipinski definition) is 1. The molecule has 0 amide bonds. The lowest BCUT2D eigenvalue weighted by atomic mass is 9.78. The lowest BCUT2D eigenvalue weighted by Crippen LogP contribution is -2.17. The van der Waals surface area contributed by atoms with E-state index in [-0.39, 0.29) is 10.8 Å². The molecule has 0 aromatic heterocycles. The molecule has 2 aromatic rings. The molecule has 0 bridgehead atoms. The minimum Gasteiger partial charge on any atom is -0.507 e. The minimum absolute atomic E-state index is 0.0611. The van der Waals surface area contributed by atoms with Crippen LogP contribution in [0.4, 0.5) is 0 Å². The van der Waals surface area contributed by atoms with Crippen molar-refractivity contribution in [2.24, 2.45) is 0 Å². The van der Waals surface area contributed by atoms with Crippen molar-refractivity contribution in [1.82, 2.24) is 0 Å². The third-order valence-corrected chi connectivity index (χ3v) is 4.31. The molecular formula is C23H30O. The van der Waals surface area contributed by atoms with Crippen molar-refractivity contribution in [3.63, 3.8) is 0 Å². The van der Waals surface area contributed by atoms with Gasteiger partial charge in [0, 0.05) is 0 Å². The molecule has 1 heteroatoms. The summed E-state index contributed by atoms with van der Waals surface area (Å²) in [5, 5.41) is 10.8. The number of phenolic OH excluding ortho intramolecular Hbond substituents is 1. The zero-order valence-electron chi connectivity index (χ0n) is 15.9. The second-order valence-electron chi connectivity index (χ2n) is 8.55. The summed E-state index contributed by atoms with van der Waals surface area (Å²) in [5.41, 5.74) is 4.46. The van der Waals surface area contributed by atoms with Crippen LogP contribution in [-0.4, -0.2) is 5.11 Å². The highest BCUT2D eigenvalue weighted by Gasteiger charge is 2.24. The lowest BCUT2D eigenvalue weighted by molar-refractivity contribution is 0.439. The number of aromatic hydroxyl groups is 1. The molecule has 0 spiro atoms. The highest BCUT2D eigenvalue weighted by Crippen LogP contribution is 2.37. The molecule has 1 N–H and O–H groups in total. The molecule has 1 nitrogen and oxygen atoms in total. The van der Waals surface area contributed by atoms with Crippen LogP contribution < -0.4 is 0 Å². The van der Waals surface area contributed by atoms with Gasteiger partial charge in [0.05, 0.1) is 0 Å². The number of rotatable bonds is 3. The summed E-state index contributed by atoms with van der Waals surface area (Å²) in [5.74, 6) is 0.438. The topological polar surface area (TPSA) is 20.2 Å². The molecule has 0 aliphatic heterocycles. The van der Waals surface area contributed by atoms with E-state index in [1.807, 2.05) is 18.2 Å². The fourth-order valence-electron chi connectivity index (χ4n) is 2.74. The van der Waals surface area contributed by atoms with Crippen molar-refractivity contribution in [1.29, 1.82) is 0 Å². The van der Waals surface area contributed by atoms with E-state index in [1.165, 1.54) is 11.1 Å². The van der Waals surface area contributed by atoms with Crippen molar-refractivity contribution in [3.05, 3.63) is 70.8 Å². The Labute approximate surface area is 147 Å². The average molecular weight is 322 g/mol. The van der Waals surface area contributed by atoms with Gasteiger partial charge in [0.2, 0.25) is 0 Å². The average Bonchev–Trinajstić information content (AvgIpc) is 2.47. The smallest absolute Gasteiger partial charge is 0.122 e. The van der Waals surface area contributed by atoms with E-state index < -0.39 is 0 Å². The molecule has 2 aromatic carbocycles. The van der Waals surface area contributed by atoms with E-state index in [2.05, 4.69) is 78.0 Å². The molecule has 24 heavy (non-hydrogen) atoms. The Morgan fingerprint density at radius 1 is 0.875 bits per heavy atom. The largest absolute Gasteiger partial charge is 0.507 e. The number of phenols is 1. The normalized spacial score (nSPS) is 12.8. The maximum Gasteiger partial charge on any atom is 0.122 e. The molecule has 0 aliphatic rings. The first kappa shape index (κ1) is 18.3. The number of allylic oxidation sites excluding steroid dienone is 1.